The Labute approximate surface area is 199 Å². The number of carbonyl (C=O) groups is 2. The van der Waals surface area contributed by atoms with Gasteiger partial charge in [-0.3, -0.25) is 14.5 Å². The molecule has 0 atom stereocenters. The van der Waals surface area contributed by atoms with Gasteiger partial charge in [-0.1, -0.05) is 30.2 Å². The van der Waals surface area contributed by atoms with E-state index in [2.05, 4.69) is 15.6 Å². The first-order chi connectivity index (χ1) is 16.3. The summed E-state index contributed by atoms with van der Waals surface area (Å²) in [6, 6.07) is 12.7. The Kier molecular flexibility index (Phi) is 6.72. The Morgan fingerprint density at radius 2 is 1.74 bits per heavy atom. The number of nitrogens with zero attached hydrogens (tertiary/aromatic N) is 4. The van der Waals surface area contributed by atoms with Crippen LogP contribution in [0.15, 0.2) is 42.5 Å². The van der Waals surface area contributed by atoms with Gasteiger partial charge >= 0.3 is 0 Å². The van der Waals surface area contributed by atoms with Crippen LogP contribution in [0.3, 0.4) is 0 Å². The molecule has 0 spiro atoms. The van der Waals surface area contributed by atoms with E-state index in [9.17, 15) is 9.59 Å². The van der Waals surface area contributed by atoms with Gasteiger partial charge in [0.15, 0.2) is 0 Å². The normalized spacial score (nSPS) is 14.2. The first-order valence-corrected chi connectivity index (χ1v) is 11.5. The average molecular weight is 466 g/mol. The van der Waals surface area contributed by atoms with Gasteiger partial charge in [-0.2, -0.15) is 0 Å². The third-order valence-electron chi connectivity index (χ3n) is 6.35. The van der Waals surface area contributed by atoms with E-state index in [0.29, 0.717) is 22.7 Å². The zero-order valence-electron chi connectivity index (χ0n) is 20.1. The van der Waals surface area contributed by atoms with Crippen molar-refractivity contribution in [1.29, 1.82) is 0 Å². The van der Waals surface area contributed by atoms with E-state index in [-0.39, 0.29) is 24.4 Å². The number of rotatable bonds is 8. The standard InChI is InChI=1S/C25H31N5O4/c1-25(2,24(32)26-17-9-5-6-10-17)30(18-13-19(33-3)15-20(14-18)34-4)23(31)16-29-22-12-8-7-11-21(22)27-28-29/h7-8,11-15,17H,5-6,9-10,16H2,1-4H3,(H,26,32). The molecule has 1 aliphatic carbocycles. The van der Waals surface area contributed by atoms with Gasteiger partial charge in [0, 0.05) is 24.2 Å². The summed E-state index contributed by atoms with van der Waals surface area (Å²) in [5.41, 5.74) is 0.750. The highest BCUT2D eigenvalue weighted by atomic mass is 16.5. The minimum absolute atomic E-state index is 0.0832. The number of carbonyl (C=O) groups excluding carboxylic acids is 2. The summed E-state index contributed by atoms with van der Waals surface area (Å²) in [7, 11) is 3.09. The predicted molar refractivity (Wildman–Crippen MR) is 129 cm³/mol. The lowest BCUT2D eigenvalue weighted by Crippen LogP contribution is -2.59. The van der Waals surface area contributed by atoms with Crippen LogP contribution in [0.1, 0.15) is 39.5 Å². The van der Waals surface area contributed by atoms with Crippen molar-refractivity contribution in [1.82, 2.24) is 20.3 Å². The summed E-state index contributed by atoms with van der Waals surface area (Å²) in [5.74, 6) is 0.520. The molecule has 1 fully saturated rings. The molecule has 2 aromatic carbocycles. The Morgan fingerprint density at radius 1 is 1.09 bits per heavy atom. The van der Waals surface area contributed by atoms with E-state index in [1.165, 1.54) is 4.90 Å². The van der Waals surface area contributed by atoms with E-state index >= 15 is 0 Å². The Morgan fingerprint density at radius 3 is 2.38 bits per heavy atom. The van der Waals surface area contributed by atoms with Crippen molar-refractivity contribution in [2.24, 2.45) is 0 Å². The molecule has 1 N–H and O–H groups in total. The molecule has 180 valence electrons. The molecule has 0 aliphatic heterocycles. The lowest BCUT2D eigenvalue weighted by atomic mass is 9.98. The zero-order chi connectivity index (χ0) is 24.3. The molecule has 0 unspecified atom stereocenters. The summed E-state index contributed by atoms with van der Waals surface area (Å²) < 4.78 is 12.4. The van der Waals surface area contributed by atoms with Gasteiger partial charge in [-0.25, -0.2) is 4.68 Å². The van der Waals surface area contributed by atoms with Crippen LogP contribution >= 0.6 is 0 Å². The molecule has 9 heteroatoms. The van der Waals surface area contributed by atoms with E-state index < -0.39 is 5.54 Å². The van der Waals surface area contributed by atoms with Gasteiger partial charge < -0.3 is 14.8 Å². The Hall–Kier alpha value is -3.62. The van der Waals surface area contributed by atoms with Crippen LogP contribution in [-0.2, 0) is 16.1 Å². The molecule has 0 bridgehead atoms. The van der Waals surface area contributed by atoms with E-state index in [4.69, 9.17) is 9.47 Å². The summed E-state index contributed by atoms with van der Waals surface area (Å²) >= 11 is 0. The lowest BCUT2D eigenvalue weighted by molar-refractivity contribution is -0.130. The van der Waals surface area contributed by atoms with Crippen molar-refractivity contribution in [2.75, 3.05) is 19.1 Å². The third kappa shape index (κ3) is 4.69. The van der Waals surface area contributed by atoms with Crippen LogP contribution < -0.4 is 19.7 Å². The number of methoxy groups -OCH3 is 2. The maximum absolute atomic E-state index is 13.8. The van der Waals surface area contributed by atoms with E-state index in [1.807, 2.05) is 24.3 Å². The van der Waals surface area contributed by atoms with Crippen molar-refractivity contribution in [3.63, 3.8) is 0 Å². The van der Waals surface area contributed by atoms with Gasteiger partial charge in [-0.05, 0) is 38.8 Å². The van der Waals surface area contributed by atoms with Crippen molar-refractivity contribution in [2.45, 2.75) is 57.7 Å². The molecule has 0 radical (unpaired) electrons. The molecule has 2 amide bonds. The van der Waals surface area contributed by atoms with Gasteiger partial charge in [0.1, 0.15) is 29.1 Å². The average Bonchev–Trinajstić information content (AvgIpc) is 3.49. The lowest BCUT2D eigenvalue weighted by Gasteiger charge is -2.38. The van der Waals surface area contributed by atoms with Crippen LogP contribution in [0.25, 0.3) is 11.0 Å². The molecular weight excluding hydrogens is 434 g/mol. The molecule has 1 aliphatic rings. The quantitative estimate of drug-likeness (QED) is 0.548. The number of fused-ring (bicyclic) bond motifs is 1. The Balaban J connectivity index is 1.72. The number of para-hydroxylation sites is 1. The van der Waals surface area contributed by atoms with E-state index in [1.54, 1.807) is 50.9 Å². The SMILES string of the molecule is COc1cc(OC)cc(N(C(=O)Cn2nnc3ccccc32)C(C)(C)C(=O)NC2CCCC2)c1. The van der Waals surface area contributed by atoms with Crippen LogP contribution in [-0.4, -0.2) is 52.6 Å². The molecule has 1 aromatic heterocycles. The first kappa shape index (κ1) is 23.5. The summed E-state index contributed by atoms with van der Waals surface area (Å²) in [6.07, 6.45) is 4.10. The highest BCUT2D eigenvalue weighted by Crippen LogP contribution is 2.33. The summed E-state index contributed by atoms with van der Waals surface area (Å²) in [6.45, 7) is 3.42. The molecular formula is C25H31N5O4. The van der Waals surface area contributed by atoms with Gasteiger partial charge in [0.2, 0.25) is 11.8 Å². The molecule has 3 aromatic rings. The summed E-state index contributed by atoms with van der Waals surface area (Å²) in [5, 5.41) is 11.4. The number of amides is 2. The van der Waals surface area contributed by atoms with Crippen molar-refractivity contribution in [3.8, 4) is 11.5 Å². The molecule has 9 nitrogen and oxygen atoms in total. The molecule has 1 saturated carbocycles. The zero-order valence-corrected chi connectivity index (χ0v) is 20.1. The highest BCUT2D eigenvalue weighted by molar-refractivity contribution is 6.03. The smallest absolute Gasteiger partial charge is 0.249 e. The monoisotopic (exact) mass is 465 g/mol. The molecule has 1 heterocycles. The van der Waals surface area contributed by atoms with E-state index in [0.717, 1.165) is 31.2 Å². The second kappa shape index (κ2) is 9.70. The largest absolute Gasteiger partial charge is 0.497 e. The van der Waals surface area contributed by atoms with Crippen LogP contribution in [0.2, 0.25) is 0 Å². The molecule has 4 rings (SSSR count). The maximum atomic E-state index is 13.8. The Bertz CT molecular complexity index is 1160. The van der Waals surface area contributed by atoms with Crippen LogP contribution in [0, 0.1) is 0 Å². The molecule has 34 heavy (non-hydrogen) atoms. The van der Waals surface area contributed by atoms with Gasteiger partial charge in [-0.15, -0.1) is 5.10 Å². The number of hydrogen-bond donors (Lipinski definition) is 1. The number of benzene rings is 2. The highest BCUT2D eigenvalue weighted by Gasteiger charge is 2.40. The second-order valence-corrected chi connectivity index (χ2v) is 9.05. The second-order valence-electron chi connectivity index (χ2n) is 9.05. The minimum atomic E-state index is -1.19. The van der Waals surface area contributed by atoms with Crippen molar-refractivity contribution < 1.29 is 19.1 Å². The predicted octanol–water partition coefficient (Wildman–Crippen LogP) is 3.32. The van der Waals surface area contributed by atoms with Crippen molar-refractivity contribution in [3.05, 3.63) is 42.5 Å². The number of nitrogens with one attached hydrogen (secondary N) is 1. The fourth-order valence-electron chi connectivity index (χ4n) is 4.47. The topological polar surface area (TPSA) is 98.6 Å². The number of hydrogen-bond acceptors (Lipinski definition) is 6. The third-order valence-corrected chi connectivity index (χ3v) is 6.35. The number of ether oxygens (including phenoxy) is 2. The van der Waals surface area contributed by atoms with Crippen LogP contribution in [0.5, 0.6) is 11.5 Å². The van der Waals surface area contributed by atoms with Crippen LogP contribution in [0.4, 0.5) is 5.69 Å². The summed E-state index contributed by atoms with van der Waals surface area (Å²) in [4.78, 5) is 28.8. The first-order valence-electron chi connectivity index (χ1n) is 11.5. The fourth-order valence-corrected chi connectivity index (χ4v) is 4.47. The molecule has 0 saturated heterocycles. The van der Waals surface area contributed by atoms with Gasteiger partial charge in [0.05, 0.1) is 25.4 Å². The fraction of sp³-hybridized carbons (Fsp3) is 0.440. The number of aromatic nitrogens is 3. The number of anilines is 1. The van der Waals surface area contributed by atoms with Gasteiger partial charge in [0.25, 0.3) is 0 Å². The maximum Gasteiger partial charge on any atom is 0.249 e. The minimum Gasteiger partial charge on any atom is -0.497 e. The van der Waals surface area contributed by atoms with Crippen molar-refractivity contribution >= 4 is 28.5 Å².